The minimum Gasteiger partial charge on any atom is -0.452 e. The van der Waals surface area contributed by atoms with Crippen molar-refractivity contribution in [2.75, 3.05) is 11.9 Å². The number of amides is 1. The van der Waals surface area contributed by atoms with E-state index in [1.54, 1.807) is 11.4 Å². The van der Waals surface area contributed by atoms with Crippen LogP contribution in [0.15, 0.2) is 29.6 Å². The molecular formula is C14H8Cl2N2O3S. The molecule has 5 nitrogen and oxygen atoms in total. The summed E-state index contributed by atoms with van der Waals surface area (Å²) in [4.78, 5) is 23.5. The molecule has 8 heteroatoms. The monoisotopic (exact) mass is 354 g/mol. The lowest BCUT2D eigenvalue weighted by atomic mass is 10.2. The van der Waals surface area contributed by atoms with E-state index in [1.165, 1.54) is 29.5 Å². The van der Waals surface area contributed by atoms with Crippen LogP contribution in [0.1, 0.15) is 15.9 Å². The largest absolute Gasteiger partial charge is 0.452 e. The Balaban J connectivity index is 1.93. The van der Waals surface area contributed by atoms with E-state index in [0.717, 1.165) is 0 Å². The lowest BCUT2D eigenvalue weighted by Gasteiger charge is -2.06. The zero-order valence-corrected chi connectivity index (χ0v) is 13.3. The predicted molar refractivity (Wildman–Crippen MR) is 84.4 cm³/mol. The maximum Gasteiger partial charge on any atom is 0.338 e. The molecule has 1 aromatic heterocycles. The summed E-state index contributed by atoms with van der Waals surface area (Å²) in [7, 11) is 0. The van der Waals surface area contributed by atoms with Gasteiger partial charge in [0.05, 0.1) is 11.1 Å². The van der Waals surface area contributed by atoms with Crippen molar-refractivity contribution in [3.8, 4) is 6.07 Å². The smallest absolute Gasteiger partial charge is 0.338 e. The van der Waals surface area contributed by atoms with Crippen LogP contribution in [-0.2, 0) is 9.53 Å². The summed E-state index contributed by atoms with van der Waals surface area (Å²) < 4.78 is 4.88. The van der Waals surface area contributed by atoms with Gasteiger partial charge in [-0.3, -0.25) is 4.79 Å². The molecule has 0 radical (unpaired) electrons. The third kappa shape index (κ3) is 4.21. The number of thiophene rings is 1. The Morgan fingerprint density at radius 1 is 1.27 bits per heavy atom. The molecule has 0 saturated heterocycles. The number of hydrogen-bond acceptors (Lipinski definition) is 5. The van der Waals surface area contributed by atoms with Crippen molar-refractivity contribution in [1.29, 1.82) is 5.26 Å². The molecule has 0 aliphatic carbocycles. The van der Waals surface area contributed by atoms with Gasteiger partial charge in [-0.05, 0) is 29.6 Å². The molecule has 0 fully saturated rings. The van der Waals surface area contributed by atoms with Crippen LogP contribution in [0.2, 0.25) is 10.0 Å². The van der Waals surface area contributed by atoms with Gasteiger partial charge in [0.2, 0.25) is 0 Å². The molecule has 1 amide bonds. The van der Waals surface area contributed by atoms with E-state index in [2.05, 4.69) is 5.32 Å². The number of nitrogens with zero attached hydrogens (tertiary/aromatic N) is 1. The fourth-order valence-corrected chi connectivity index (χ4v) is 2.82. The summed E-state index contributed by atoms with van der Waals surface area (Å²) in [5.74, 6) is -1.26. The lowest BCUT2D eigenvalue weighted by molar-refractivity contribution is -0.119. The number of carbonyl (C=O) groups is 2. The van der Waals surface area contributed by atoms with Gasteiger partial charge in [0.15, 0.2) is 6.61 Å². The number of ether oxygens (including phenoxy) is 1. The third-order valence-electron chi connectivity index (χ3n) is 2.47. The van der Waals surface area contributed by atoms with Crippen LogP contribution in [0.25, 0.3) is 0 Å². The zero-order chi connectivity index (χ0) is 16.1. The molecule has 0 unspecified atom stereocenters. The number of benzene rings is 1. The van der Waals surface area contributed by atoms with Gasteiger partial charge in [-0.1, -0.05) is 23.2 Å². The summed E-state index contributed by atoms with van der Waals surface area (Å²) >= 11 is 12.8. The first kappa shape index (κ1) is 16.3. The van der Waals surface area contributed by atoms with Crippen LogP contribution in [0.5, 0.6) is 0 Å². The fourth-order valence-electron chi connectivity index (χ4n) is 1.54. The van der Waals surface area contributed by atoms with Gasteiger partial charge in [0, 0.05) is 10.0 Å². The highest BCUT2D eigenvalue weighted by molar-refractivity contribution is 7.14. The Kier molecular flexibility index (Phi) is 5.39. The Labute approximate surface area is 140 Å². The van der Waals surface area contributed by atoms with Gasteiger partial charge in [0.25, 0.3) is 5.91 Å². The summed E-state index contributed by atoms with van der Waals surface area (Å²) in [6, 6.07) is 7.78. The number of nitrogens with one attached hydrogen (secondary N) is 1. The van der Waals surface area contributed by atoms with Crippen LogP contribution in [0, 0.1) is 11.3 Å². The maximum atomic E-state index is 11.8. The molecule has 0 spiro atoms. The minimum absolute atomic E-state index is 0.152. The number of carbonyl (C=O) groups excluding carboxylic acids is 2. The molecular weight excluding hydrogens is 347 g/mol. The normalized spacial score (nSPS) is 9.86. The highest BCUT2D eigenvalue weighted by Crippen LogP contribution is 2.22. The van der Waals surface area contributed by atoms with Gasteiger partial charge < -0.3 is 10.1 Å². The average molecular weight is 355 g/mol. The van der Waals surface area contributed by atoms with Crippen molar-refractivity contribution in [2.24, 2.45) is 0 Å². The van der Waals surface area contributed by atoms with Crippen LogP contribution in [0.4, 0.5) is 5.00 Å². The van der Waals surface area contributed by atoms with E-state index in [9.17, 15) is 9.59 Å². The Morgan fingerprint density at radius 2 is 1.95 bits per heavy atom. The van der Waals surface area contributed by atoms with Crippen molar-refractivity contribution in [1.82, 2.24) is 0 Å². The molecule has 0 atom stereocenters. The molecule has 0 bridgehead atoms. The molecule has 0 aliphatic heterocycles. The van der Waals surface area contributed by atoms with Crippen molar-refractivity contribution in [2.45, 2.75) is 0 Å². The minimum atomic E-state index is -0.716. The van der Waals surface area contributed by atoms with E-state index in [-0.39, 0.29) is 5.56 Å². The van der Waals surface area contributed by atoms with E-state index in [1.807, 2.05) is 6.07 Å². The Bertz CT molecular complexity index is 747. The van der Waals surface area contributed by atoms with Crippen LogP contribution >= 0.6 is 34.5 Å². The Morgan fingerprint density at radius 3 is 2.59 bits per heavy atom. The molecule has 1 N–H and O–H groups in total. The second-order valence-corrected chi connectivity index (χ2v) is 5.85. The first-order chi connectivity index (χ1) is 10.5. The number of halogens is 2. The topological polar surface area (TPSA) is 79.2 Å². The summed E-state index contributed by atoms with van der Waals surface area (Å²) in [5, 5.41) is 14.0. The fraction of sp³-hybridized carbons (Fsp3) is 0.0714. The molecule has 112 valence electrons. The van der Waals surface area contributed by atoms with Gasteiger partial charge >= 0.3 is 5.97 Å². The molecule has 1 heterocycles. The molecule has 1 aromatic carbocycles. The van der Waals surface area contributed by atoms with Crippen molar-refractivity contribution >= 4 is 51.4 Å². The first-order valence-electron chi connectivity index (χ1n) is 5.90. The third-order valence-corrected chi connectivity index (χ3v) is 3.74. The number of nitriles is 1. The predicted octanol–water partition coefficient (Wildman–Crippen LogP) is 3.72. The Hall–Kier alpha value is -2.07. The van der Waals surface area contributed by atoms with Gasteiger partial charge in [0.1, 0.15) is 11.1 Å². The molecule has 22 heavy (non-hydrogen) atoms. The number of esters is 1. The van der Waals surface area contributed by atoms with E-state index in [4.69, 9.17) is 33.2 Å². The quantitative estimate of drug-likeness (QED) is 0.848. The molecule has 2 aromatic rings. The van der Waals surface area contributed by atoms with Crippen molar-refractivity contribution in [3.05, 3.63) is 50.8 Å². The maximum absolute atomic E-state index is 11.8. The average Bonchev–Trinajstić information content (AvgIpc) is 2.90. The van der Waals surface area contributed by atoms with Crippen LogP contribution in [-0.4, -0.2) is 18.5 Å². The lowest BCUT2D eigenvalue weighted by Crippen LogP contribution is -2.20. The highest BCUT2D eigenvalue weighted by Gasteiger charge is 2.13. The number of anilines is 1. The number of hydrogen-bond donors (Lipinski definition) is 1. The van der Waals surface area contributed by atoms with E-state index in [0.29, 0.717) is 20.6 Å². The SMILES string of the molecule is N#Cc1ccsc1NC(=O)COC(=O)c1cc(Cl)cc(Cl)c1. The zero-order valence-electron chi connectivity index (χ0n) is 10.9. The summed E-state index contributed by atoms with van der Waals surface area (Å²) in [5.41, 5.74) is 0.505. The van der Waals surface area contributed by atoms with Crippen molar-refractivity contribution in [3.63, 3.8) is 0 Å². The first-order valence-corrected chi connectivity index (χ1v) is 7.54. The van der Waals surface area contributed by atoms with E-state index >= 15 is 0 Å². The molecule has 0 saturated carbocycles. The standard InChI is InChI=1S/C14H8Cl2N2O3S/c15-10-3-9(4-11(16)5-10)14(20)21-7-12(19)18-13-8(6-17)1-2-22-13/h1-5H,7H2,(H,18,19). The van der Waals surface area contributed by atoms with Crippen molar-refractivity contribution < 1.29 is 14.3 Å². The number of rotatable bonds is 4. The molecule has 2 rings (SSSR count). The molecule has 0 aliphatic rings. The summed E-state index contributed by atoms with van der Waals surface area (Å²) in [6.07, 6.45) is 0. The second kappa shape index (κ2) is 7.27. The van der Waals surface area contributed by atoms with Crippen LogP contribution in [0.3, 0.4) is 0 Å². The van der Waals surface area contributed by atoms with Crippen LogP contribution < -0.4 is 5.32 Å². The van der Waals surface area contributed by atoms with Gasteiger partial charge in [-0.15, -0.1) is 11.3 Å². The second-order valence-electron chi connectivity index (χ2n) is 4.06. The van der Waals surface area contributed by atoms with Gasteiger partial charge in [-0.2, -0.15) is 5.26 Å². The van der Waals surface area contributed by atoms with Gasteiger partial charge in [-0.25, -0.2) is 4.79 Å². The van der Waals surface area contributed by atoms with E-state index < -0.39 is 18.5 Å². The highest BCUT2D eigenvalue weighted by atomic mass is 35.5. The summed E-state index contributed by atoms with van der Waals surface area (Å²) in [6.45, 7) is -0.480.